The van der Waals surface area contributed by atoms with E-state index in [0.29, 0.717) is 0 Å². The van der Waals surface area contributed by atoms with Crippen LogP contribution in [0.5, 0.6) is 0 Å². The average Bonchev–Trinajstić information content (AvgIpc) is 2.16. The minimum absolute atomic E-state index is 0.281. The van der Waals surface area contributed by atoms with Gasteiger partial charge in [0.2, 0.25) is 0 Å². The molecule has 0 saturated carbocycles. The predicted molar refractivity (Wildman–Crippen MR) is 71.6 cm³/mol. The van der Waals surface area contributed by atoms with Crippen LogP contribution in [0.15, 0.2) is 24.3 Å². The van der Waals surface area contributed by atoms with Gasteiger partial charge in [0.05, 0.1) is 0 Å². The zero-order chi connectivity index (χ0) is 9.78. The molecule has 0 atom stereocenters. The standard InChI is InChI=1S/C11H19.HI.Mg/c1-3-5-7-9-11-10-8-6-4-2;;/h7,9-11H,1,3-6,8H2,2H3;1H;/q;;+1/p-1/b9-7+,11-10-;;. The highest BCUT2D eigenvalue weighted by Crippen LogP contribution is 2.00. The van der Waals surface area contributed by atoms with Crippen LogP contribution in [0.25, 0.3) is 0 Å². The second kappa shape index (κ2) is 13.0. The molecule has 0 rings (SSSR count). The lowest BCUT2D eigenvalue weighted by molar-refractivity contribution is 0.815. The van der Waals surface area contributed by atoms with Crippen molar-refractivity contribution in [1.82, 2.24) is 0 Å². The summed E-state index contributed by atoms with van der Waals surface area (Å²) in [6, 6.07) is 0. The predicted octanol–water partition coefficient (Wildman–Crippen LogP) is 4.54. The molecule has 0 aliphatic heterocycles. The first kappa shape index (κ1) is 14.0. The maximum atomic E-state index is 2.57. The van der Waals surface area contributed by atoms with Crippen LogP contribution in [-0.4, -0.2) is 16.5 Å². The molecule has 0 radical (unpaired) electrons. The monoisotopic (exact) mass is 302 g/mol. The van der Waals surface area contributed by atoms with E-state index in [9.17, 15) is 0 Å². The molecule has 0 heterocycles. The Bertz CT molecular complexity index is 141. The summed E-state index contributed by atoms with van der Waals surface area (Å²) in [6.07, 6.45) is 15.5. The zero-order valence-electron chi connectivity index (χ0n) is 8.64. The van der Waals surface area contributed by atoms with Crippen LogP contribution in [0, 0.1) is 0 Å². The molecular weight excluding hydrogens is 283 g/mol. The van der Waals surface area contributed by atoms with Crippen molar-refractivity contribution in [2.75, 3.05) is 0 Å². The van der Waals surface area contributed by atoms with Gasteiger partial charge in [-0.25, -0.2) is 0 Å². The van der Waals surface area contributed by atoms with Crippen molar-refractivity contribution in [3.05, 3.63) is 24.3 Å². The van der Waals surface area contributed by atoms with E-state index in [-0.39, 0.29) is 16.5 Å². The van der Waals surface area contributed by atoms with Crippen molar-refractivity contribution >= 4 is 35.3 Å². The van der Waals surface area contributed by atoms with Crippen molar-refractivity contribution in [2.24, 2.45) is 0 Å². The third kappa shape index (κ3) is 13.0. The van der Waals surface area contributed by atoms with Crippen molar-refractivity contribution in [3.8, 4) is 0 Å². The Labute approximate surface area is 102 Å². The van der Waals surface area contributed by atoms with E-state index in [1.807, 2.05) is 0 Å². The first-order valence-electron chi connectivity index (χ1n) is 5.29. The SMILES string of the molecule is CCCC/C=C\C=C\CC[CH2][Mg][I]. The smallest absolute Gasteiger partial charge is 0.301 e. The summed E-state index contributed by atoms with van der Waals surface area (Å²) in [5.74, 6) is 0. The molecule has 0 spiro atoms. The summed E-state index contributed by atoms with van der Waals surface area (Å²) in [7, 11) is 0. The fourth-order valence-electron chi connectivity index (χ4n) is 1.03. The Morgan fingerprint density at radius 3 is 2.23 bits per heavy atom. The Kier molecular flexibility index (Phi) is 14.0. The fourth-order valence-corrected chi connectivity index (χ4v) is 3.12. The molecule has 0 aromatic heterocycles. The van der Waals surface area contributed by atoms with Crippen LogP contribution in [0.4, 0.5) is 0 Å². The summed E-state index contributed by atoms with van der Waals surface area (Å²) in [5, 5.41) is 0. The Morgan fingerprint density at radius 2 is 1.69 bits per heavy atom. The molecule has 0 aromatic rings. The van der Waals surface area contributed by atoms with Gasteiger partial charge < -0.3 is 18.9 Å². The summed E-state index contributed by atoms with van der Waals surface area (Å²) < 4.78 is 1.49. The van der Waals surface area contributed by atoms with Gasteiger partial charge in [-0.3, -0.25) is 0 Å². The average molecular weight is 302 g/mol. The van der Waals surface area contributed by atoms with Gasteiger partial charge in [0.15, 0.2) is 0 Å². The summed E-state index contributed by atoms with van der Waals surface area (Å²) in [4.78, 5) is 0. The lowest BCUT2D eigenvalue weighted by Gasteiger charge is -1.88. The Hall–Kier alpha value is 0.976. The lowest BCUT2D eigenvalue weighted by Crippen LogP contribution is -1.74. The molecule has 0 aromatic carbocycles. The van der Waals surface area contributed by atoms with E-state index >= 15 is 0 Å². The van der Waals surface area contributed by atoms with E-state index in [2.05, 4.69) is 50.1 Å². The highest BCUT2D eigenvalue weighted by atomic mass is 127. The Balaban J connectivity index is 3.15. The molecule has 13 heavy (non-hydrogen) atoms. The summed E-state index contributed by atoms with van der Waals surface area (Å²) >= 11 is 2.85. The third-order valence-electron chi connectivity index (χ3n) is 1.86. The van der Waals surface area contributed by atoms with Crippen molar-refractivity contribution in [1.29, 1.82) is 0 Å². The molecular formula is C11H19IMg. The van der Waals surface area contributed by atoms with Gasteiger partial charge >= 0.3 is 16.5 Å². The first-order valence-corrected chi connectivity index (χ1v) is 11.4. The normalized spacial score (nSPS) is 11.2. The van der Waals surface area contributed by atoms with Crippen LogP contribution < -0.4 is 0 Å². The lowest BCUT2D eigenvalue weighted by atomic mass is 10.2. The molecule has 0 N–H and O–H groups in total. The second-order valence-electron chi connectivity index (χ2n) is 3.18. The van der Waals surface area contributed by atoms with Gasteiger partial charge in [-0.05, 0) is 12.8 Å². The molecule has 0 aliphatic carbocycles. The van der Waals surface area contributed by atoms with Crippen LogP contribution >= 0.6 is 18.9 Å². The number of allylic oxidation sites excluding steroid dienone is 4. The van der Waals surface area contributed by atoms with Crippen molar-refractivity contribution in [2.45, 2.75) is 43.6 Å². The first-order chi connectivity index (χ1) is 6.41. The maximum absolute atomic E-state index is 2.57. The van der Waals surface area contributed by atoms with Gasteiger partial charge in [-0.2, -0.15) is 0 Å². The molecule has 0 nitrogen and oxygen atoms in total. The number of halogens is 1. The molecule has 0 aliphatic rings. The largest absolute Gasteiger partial charge is 0.463 e. The number of unbranched alkanes of at least 4 members (excludes halogenated alkanes) is 3. The number of hydrogen-bond acceptors (Lipinski definition) is 0. The van der Waals surface area contributed by atoms with Gasteiger partial charge in [0, 0.05) is 0 Å². The summed E-state index contributed by atoms with van der Waals surface area (Å²) in [5.41, 5.74) is 0. The number of hydrogen-bond donors (Lipinski definition) is 0. The highest BCUT2D eigenvalue weighted by molar-refractivity contribution is 14.1. The molecule has 0 unspecified atom stereocenters. The fraction of sp³-hybridized carbons (Fsp3) is 0.636. The van der Waals surface area contributed by atoms with E-state index in [4.69, 9.17) is 0 Å². The minimum Gasteiger partial charge on any atom is -0.301 e. The van der Waals surface area contributed by atoms with Gasteiger partial charge in [0.1, 0.15) is 0 Å². The van der Waals surface area contributed by atoms with E-state index in [1.54, 1.807) is 0 Å². The van der Waals surface area contributed by atoms with E-state index < -0.39 is 0 Å². The van der Waals surface area contributed by atoms with Crippen LogP contribution in [0.2, 0.25) is 4.55 Å². The van der Waals surface area contributed by atoms with Crippen molar-refractivity contribution < 1.29 is 0 Å². The topological polar surface area (TPSA) is 0 Å². The maximum Gasteiger partial charge on any atom is 0.463 e. The van der Waals surface area contributed by atoms with Crippen LogP contribution in [-0.2, 0) is 0 Å². The van der Waals surface area contributed by atoms with Gasteiger partial charge in [0.25, 0.3) is 0 Å². The van der Waals surface area contributed by atoms with E-state index in [0.717, 1.165) is 0 Å². The Morgan fingerprint density at radius 1 is 1.08 bits per heavy atom. The van der Waals surface area contributed by atoms with Crippen LogP contribution in [0.3, 0.4) is 0 Å². The molecule has 2 heteroatoms. The quantitative estimate of drug-likeness (QED) is 0.267. The highest BCUT2D eigenvalue weighted by Gasteiger charge is 1.86. The van der Waals surface area contributed by atoms with Crippen LogP contribution in [0.1, 0.15) is 39.0 Å². The van der Waals surface area contributed by atoms with E-state index in [1.165, 1.54) is 36.7 Å². The van der Waals surface area contributed by atoms with Gasteiger partial charge in [-0.1, -0.05) is 50.5 Å². The zero-order valence-corrected chi connectivity index (χ0v) is 12.2. The van der Waals surface area contributed by atoms with Gasteiger partial charge in [-0.15, -0.1) is 4.55 Å². The molecule has 72 valence electrons. The second-order valence-corrected chi connectivity index (χ2v) is 7.50. The molecule has 0 fully saturated rings. The molecule has 0 saturated heterocycles. The summed E-state index contributed by atoms with van der Waals surface area (Å²) in [6.45, 7) is 2.23. The third-order valence-corrected chi connectivity index (χ3v) is 4.92. The molecule has 0 amide bonds. The minimum atomic E-state index is 0.281. The molecule has 0 bridgehead atoms. The van der Waals surface area contributed by atoms with Crippen molar-refractivity contribution in [3.63, 3.8) is 0 Å². The number of rotatable bonds is 8.